The Labute approximate surface area is 117 Å². The molecule has 0 aliphatic rings. The van der Waals surface area contributed by atoms with Gasteiger partial charge in [0.1, 0.15) is 0 Å². The molecule has 1 rings (SSSR count). The maximum Gasteiger partial charge on any atom is 0.338 e. The number of hydrogen-bond acceptors (Lipinski definition) is 2. The van der Waals surface area contributed by atoms with E-state index >= 15 is 0 Å². The first-order chi connectivity index (χ1) is 9.34. The van der Waals surface area contributed by atoms with Gasteiger partial charge >= 0.3 is 5.97 Å². The molecule has 0 aliphatic carbocycles. The van der Waals surface area contributed by atoms with E-state index in [2.05, 4.69) is 13.0 Å². The number of carbonyl (C=O) groups excluding carboxylic acids is 1. The fourth-order valence-electron chi connectivity index (χ4n) is 2.01. The lowest BCUT2D eigenvalue weighted by Crippen LogP contribution is -2.06. The molecule has 0 saturated carbocycles. The van der Waals surface area contributed by atoms with Crippen LogP contribution in [-0.2, 0) is 4.74 Å². The average Bonchev–Trinajstić information content (AvgIpc) is 2.46. The summed E-state index contributed by atoms with van der Waals surface area (Å²) in [5.74, 6) is -0.225. The summed E-state index contributed by atoms with van der Waals surface area (Å²) < 4.78 is 5.22. The normalized spacial score (nSPS) is 10.4. The van der Waals surface area contributed by atoms with Gasteiger partial charge in [-0.15, -0.1) is 0 Å². The first-order valence-electron chi connectivity index (χ1n) is 7.48. The summed E-state index contributed by atoms with van der Waals surface area (Å²) >= 11 is 0. The van der Waals surface area contributed by atoms with Crippen LogP contribution in [0, 0.1) is 6.07 Å². The largest absolute Gasteiger partial charge is 0.462 e. The van der Waals surface area contributed by atoms with E-state index in [0.29, 0.717) is 12.2 Å². The van der Waals surface area contributed by atoms with Crippen molar-refractivity contribution in [2.75, 3.05) is 6.61 Å². The molecule has 2 nitrogen and oxygen atoms in total. The molecule has 0 amide bonds. The van der Waals surface area contributed by atoms with E-state index in [1.165, 1.54) is 38.5 Å². The van der Waals surface area contributed by atoms with Crippen LogP contribution in [0.25, 0.3) is 0 Å². The molecule has 0 unspecified atom stereocenters. The zero-order chi connectivity index (χ0) is 13.8. The van der Waals surface area contributed by atoms with Crippen LogP contribution < -0.4 is 0 Å². The van der Waals surface area contributed by atoms with Gasteiger partial charge in [0, 0.05) is 0 Å². The zero-order valence-corrected chi connectivity index (χ0v) is 12.0. The van der Waals surface area contributed by atoms with Gasteiger partial charge in [-0.25, -0.2) is 4.79 Å². The van der Waals surface area contributed by atoms with Crippen molar-refractivity contribution in [3.05, 3.63) is 35.9 Å². The quantitative estimate of drug-likeness (QED) is 0.447. The van der Waals surface area contributed by atoms with Crippen LogP contribution >= 0.6 is 0 Å². The molecular weight excluding hydrogens is 236 g/mol. The van der Waals surface area contributed by atoms with Crippen LogP contribution in [0.4, 0.5) is 0 Å². The molecule has 0 N–H and O–H groups in total. The maximum atomic E-state index is 11.6. The first kappa shape index (κ1) is 15.7. The van der Waals surface area contributed by atoms with E-state index in [1.807, 2.05) is 0 Å². The van der Waals surface area contributed by atoms with Gasteiger partial charge in [0.25, 0.3) is 0 Å². The molecule has 0 aliphatic heterocycles. The summed E-state index contributed by atoms with van der Waals surface area (Å²) in [5.41, 5.74) is 0.610. The van der Waals surface area contributed by atoms with Gasteiger partial charge in [0.2, 0.25) is 0 Å². The van der Waals surface area contributed by atoms with Gasteiger partial charge in [-0.3, -0.25) is 0 Å². The molecule has 0 heterocycles. The van der Waals surface area contributed by atoms with Crippen LogP contribution in [0.5, 0.6) is 0 Å². The fourth-order valence-corrected chi connectivity index (χ4v) is 2.01. The molecule has 19 heavy (non-hydrogen) atoms. The van der Waals surface area contributed by atoms with E-state index in [9.17, 15) is 4.79 Å². The monoisotopic (exact) mass is 261 g/mol. The summed E-state index contributed by atoms with van der Waals surface area (Å²) in [6.07, 6.45) is 10.0. The molecule has 0 atom stereocenters. The van der Waals surface area contributed by atoms with Crippen molar-refractivity contribution in [1.82, 2.24) is 0 Å². The summed E-state index contributed by atoms with van der Waals surface area (Å²) in [5, 5.41) is 0. The summed E-state index contributed by atoms with van der Waals surface area (Å²) in [4.78, 5) is 11.6. The highest BCUT2D eigenvalue weighted by Crippen LogP contribution is 2.09. The zero-order valence-electron chi connectivity index (χ0n) is 12.0. The summed E-state index contributed by atoms with van der Waals surface area (Å²) in [7, 11) is 0. The third kappa shape index (κ3) is 7.66. The van der Waals surface area contributed by atoms with Crippen LogP contribution in [0.15, 0.2) is 24.3 Å². The van der Waals surface area contributed by atoms with Crippen LogP contribution in [0.1, 0.15) is 68.6 Å². The second kappa shape index (κ2) is 10.6. The average molecular weight is 261 g/mol. The van der Waals surface area contributed by atoms with Crippen LogP contribution in [-0.4, -0.2) is 12.6 Å². The second-order valence-corrected chi connectivity index (χ2v) is 4.90. The van der Waals surface area contributed by atoms with Gasteiger partial charge in [-0.1, -0.05) is 64.0 Å². The van der Waals surface area contributed by atoms with Crippen molar-refractivity contribution in [1.29, 1.82) is 0 Å². The Morgan fingerprint density at radius 3 is 2.21 bits per heavy atom. The number of ether oxygens (including phenoxy) is 1. The minimum absolute atomic E-state index is 0.225. The standard InChI is InChI=1S/C17H25O2/c1-2-3-4-5-6-7-8-12-15-19-17(18)16-13-10-9-11-14-16/h10-11,13-14H,2-8,12,15H2,1H3. The molecule has 105 valence electrons. The van der Waals surface area contributed by atoms with E-state index < -0.39 is 0 Å². The SMILES string of the molecule is CCCCCCCCCCOC(=O)c1cc[c]cc1. The third-order valence-electron chi connectivity index (χ3n) is 3.18. The van der Waals surface area contributed by atoms with Crippen LogP contribution in [0.2, 0.25) is 0 Å². The lowest BCUT2D eigenvalue weighted by molar-refractivity contribution is 0.0497. The van der Waals surface area contributed by atoms with E-state index in [0.717, 1.165) is 12.8 Å². The number of benzene rings is 1. The lowest BCUT2D eigenvalue weighted by Gasteiger charge is -2.04. The minimum Gasteiger partial charge on any atom is -0.462 e. The molecule has 0 bridgehead atoms. The van der Waals surface area contributed by atoms with Crippen LogP contribution in [0.3, 0.4) is 0 Å². The van der Waals surface area contributed by atoms with Gasteiger partial charge < -0.3 is 4.74 Å². The first-order valence-corrected chi connectivity index (χ1v) is 7.48. The lowest BCUT2D eigenvalue weighted by atomic mass is 10.1. The number of unbranched alkanes of at least 4 members (excludes halogenated alkanes) is 7. The highest BCUT2D eigenvalue weighted by molar-refractivity contribution is 5.89. The van der Waals surface area contributed by atoms with Gasteiger partial charge in [-0.2, -0.15) is 0 Å². The molecule has 1 aromatic carbocycles. The van der Waals surface area contributed by atoms with Gasteiger partial charge in [0.05, 0.1) is 12.2 Å². The summed E-state index contributed by atoms with van der Waals surface area (Å²) in [6.45, 7) is 2.77. The molecule has 0 aromatic heterocycles. The van der Waals surface area contributed by atoms with E-state index in [-0.39, 0.29) is 5.97 Å². The molecule has 0 spiro atoms. The van der Waals surface area contributed by atoms with Crippen molar-refractivity contribution >= 4 is 5.97 Å². The van der Waals surface area contributed by atoms with Gasteiger partial charge in [0.15, 0.2) is 0 Å². The number of carbonyl (C=O) groups is 1. The fraction of sp³-hybridized carbons (Fsp3) is 0.588. The Morgan fingerprint density at radius 1 is 1.00 bits per heavy atom. The van der Waals surface area contributed by atoms with Crippen molar-refractivity contribution in [2.24, 2.45) is 0 Å². The van der Waals surface area contributed by atoms with Crippen molar-refractivity contribution in [2.45, 2.75) is 58.3 Å². The summed E-state index contributed by atoms with van der Waals surface area (Å²) in [6, 6.07) is 9.81. The topological polar surface area (TPSA) is 26.3 Å². The molecule has 0 saturated heterocycles. The minimum atomic E-state index is -0.225. The van der Waals surface area contributed by atoms with Crippen molar-refractivity contribution in [3.63, 3.8) is 0 Å². The number of hydrogen-bond donors (Lipinski definition) is 0. The smallest absolute Gasteiger partial charge is 0.338 e. The van der Waals surface area contributed by atoms with Crippen molar-refractivity contribution < 1.29 is 9.53 Å². The Kier molecular flexibility index (Phi) is 8.78. The molecule has 2 heteroatoms. The highest BCUT2D eigenvalue weighted by Gasteiger charge is 2.04. The predicted molar refractivity (Wildman–Crippen MR) is 78.2 cm³/mol. The predicted octanol–water partition coefficient (Wildman–Crippen LogP) is 4.78. The van der Waals surface area contributed by atoms with Gasteiger partial charge in [-0.05, 0) is 24.6 Å². The highest BCUT2D eigenvalue weighted by atomic mass is 16.5. The number of rotatable bonds is 10. The van der Waals surface area contributed by atoms with Crippen molar-refractivity contribution in [3.8, 4) is 0 Å². The number of esters is 1. The Morgan fingerprint density at radius 2 is 1.58 bits per heavy atom. The Balaban J connectivity index is 1.95. The van der Waals surface area contributed by atoms with E-state index in [4.69, 9.17) is 4.74 Å². The second-order valence-electron chi connectivity index (χ2n) is 4.90. The Hall–Kier alpha value is -1.31. The van der Waals surface area contributed by atoms with E-state index in [1.54, 1.807) is 24.3 Å². The Bertz CT molecular complexity index is 332. The third-order valence-corrected chi connectivity index (χ3v) is 3.18. The molecule has 1 radical (unpaired) electrons. The molecule has 1 aromatic rings. The maximum absolute atomic E-state index is 11.6. The molecule has 0 fully saturated rings. The molecular formula is C17H25O2.